The van der Waals surface area contributed by atoms with Gasteiger partial charge in [0.25, 0.3) is 0 Å². The Labute approximate surface area is 84.3 Å². The molecule has 13 heavy (non-hydrogen) atoms. The maximum Gasteiger partial charge on any atom is 0.0438 e. The zero-order valence-electron chi connectivity index (χ0n) is 7.89. The molecule has 0 N–H and O–H groups in total. The Hall–Kier alpha value is -0.530. The molecule has 0 unspecified atom stereocenters. The predicted molar refractivity (Wildman–Crippen MR) is 56.1 cm³/mol. The van der Waals surface area contributed by atoms with Crippen LogP contribution in [0.15, 0.2) is 18.2 Å². The summed E-state index contributed by atoms with van der Waals surface area (Å²) in [6, 6.07) is 6.34. The van der Waals surface area contributed by atoms with Crippen molar-refractivity contribution in [2.24, 2.45) is 0 Å². The molecule has 0 amide bonds. The molecule has 2 rings (SSSR count). The zero-order chi connectivity index (χ0) is 9.26. The number of rotatable bonds is 2. The van der Waals surface area contributed by atoms with Gasteiger partial charge in [-0.15, -0.1) is 0 Å². The van der Waals surface area contributed by atoms with Gasteiger partial charge in [0.2, 0.25) is 0 Å². The number of nitrogens with zero attached hydrogens (tertiary/aromatic N) is 1. The van der Waals surface area contributed by atoms with Crippen LogP contribution in [0.3, 0.4) is 0 Å². The maximum absolute atomic E-state index is 6.04. The van der Waals surface area contributed by atoms with Crippen molar-refractivity contribution in [3.8, 4) is 0 Å². The Morgan fingerprint density at radius 3 is 2.69 bits per heavy atom. The molecule has 0 spiro atoms. The van der Waals surface area contributed by atoms with Gasteiger partial charge in [-0.05, 0) is 43.6 Å². The summed E-state index contributed by atoms with van der Waals surface area (Å²) in [5.41, 5.74) is 2.49. The molecule has 0 atom stereocenters. The van der Waals surface area contributed by atoms with Crippen molar-refractivity contribution in [3.63, 3.8) is 0 Å². The minimum atomic E-state index is 0.887. The first-order valence-electron chi connectivity index (χ1n) is 4.73. The molecule has 1 aromatic rings. The smallest absolute Gasteiger partial charge is 0.0438 e. The molecule has 0 saturated carbocycles. The molecule has 0 bridgehead atoms. The Morgan fingerprint density at radius 2 is 2.15 bits per heavy atom. The van der Waals surface area contributed by atoms with Crippen LogP contribution in [-0.4, -0.2) is 18.0 Å². The summed E-state index contributed by atoms with van der Waals surface area (Å²) in [7, 11) is 0. The van der Waals surface area contributed by atoms with Crippen LogP contribution < -0.4 is 0 Å². The molecule has 1 heterocycles. The summed E-state index contributed by atoms with van der Waals surface area (Å²) in [4.78, 5) is 2.43. The van der Waals surface area contributed by atoms with Gasteiger partial charge in [-0.2, -0.15) is 0 Å². The van der Waals surface area contributed by atoms with E-state index in [4.69, 9.17) is 11.6 Å². The lowest BCUT2D eigenvalue weighted by Gasteiger charge is -2.30. The topological polar surface area (TPSA) is 3.24 Å². The second kappa shape index (κ2) is 3.69. The summed E-state index contributed by atoms with van der Waals surface area (Å²) in [5.74, 6) is 0. The molecule has 1 saturated heterocycles. The second-order valence-electron chi connectivity index (χ2n) is 3.71. The van der Waals surface area contributed by atoms with Crippen LogP contribution in [0.1, 0.15) is 17.5 Å². The average molecular weight is 196 g/mol. The minimum absolute atomic E-state index is 0.887. The monoisotopic (exact) mass is 195 g/mol. The molecule has 70 valence electrons. The number of halogens is 1. The molecule has 0 aliphatic carbocycles. The highest BCUT2D eigenvalue weighted by Crippen LogP contribution is 2.19. The SMILES string of the molecule is Cc1ccc(CN2CCC2)cc1Cl. The lowest BCUT2D eigenvalue weighted by molar-refractivity contribution is 0.172. The zero-order valence-corrected chi connectivity index (χ0v) is 8.64. The van der Waals surface area contributed by atoms with E-state index in [1.807, 2.05) is 6.92 Å². The van der Waals surface area contributed by atoms with Crippen LogP contribution in [0.2, 0.25) is 5.02 Å². The molecular formula is C11H14ClN. The van der Waals surface area contributed by atoms with E-state index >= 15 is 0 Å². The van der Waals surface area contributed by atoms with Crippen molar-refractivity contribution in [1.29, 1.82) is 0 Å². The van der Waals surface area contributed by atoms with Gasteiger partial charge in [0, 0.05) is 11.6 Å². The summed E-state index contributed by atoms with van der Waals surface area (Å²) < 4.78 is 0. The largest absolute Gasteiger partial charge is 0.299 e. The second-order valence-corrected chi connectivity index (χ2v) is 4.12. The van der Waals surface area contributed by atoms with Crippen LogP contribution in [0.25, 0.3) is 0 Å². The van der Waals surface area contributed by atoms with E-state index in [1.165, 1.54) is 25.1 Å². The van der Waals surface area contributed by atoms with Crippen LogP contribution >= 0.6 is 11.6 Å². The van der Waals surface area contributed by atoms with E-state index in [9.17, 15) is 0 Å². The summed E-state index contributed by atoms with van der Waals surface area (Å²) in [6.07, 6.45) is 1.35. The van der Waals surface area contributed by atoms with E-state index in [-0.39, 0.29) is 0 Å². The molecule has 2 heteroatoms. The fraction of sp³-hybridized carbons (Fsp3) is 0.455. The first-order valence-corrected chi connectivity index (χ1v) is 5.11. The molecule has 0 aromatic heterocycles. The highest BCUT2D eigenvalue weighted by Gasteiger charge is 2.13. The van der Waals surface area contributed by atoms with E-state index in [0.717, 1.165) is 17.1 Å². The third kappa shape index (κ3) is 2.04. The van der Waals surface area contributed by atoms with Crippen molar-refractivity contribution < 1.29 is 0 Å². The minimum Gasteiger partial charge on any atom is -0.299 e. The number of aryl methyl sites for hydroxylation is 1. The molecule has 1 aliphatic rings. The molecule has 0 radical (unpaired) electrons. The van der Waals surface area contributed by atoms with Gasteiger partial charge in [-0.3, -0.25) is 4.90 Å². The number of benzene rings is 1. The normalized spacial score (nSPS) is 17.1. The van der Waals surface area contributed by atoms with E-state index in [0.29, 0.717) is 0 Å². The standard InChI is InChI=1S/C11H14ClN/c1-9-3-4-10(7-11(9)12)8-13-5-2-6-13/h3-4,7H,2,5-6,8H2,1H3. The maximum atomic E-state index is 6.04. The van der Waals surface area contributed by atoms with Crippen molar-refractivity contribution in [2.75, 3.05) is 13.1 Å². The van der Waals surface area contributed by atoms with E-state index < -0.39 is 0 Å². The van der Waals surface area contributed by atoms with Crippen molar-refractivity contribution >= 4 is 11.6 Å². The van der Waals surface area contributed by atoms with Crippen molar-refractivity contribution in [2.45, 2.75) is 19.9 Å². The third-order valence-electron chi connectivity index (χ3n) is 2.59. The Kier molecular flexibility index (Phi) is 2.56. The van der Waals surface area contributed by atoms with Gasteiger partial charge in [0.05, 0.1) is 0 Å². The first-order chi connectivity index (χ1) is 6.25. The molecule has 1 aliphatic heterocycles. The van der Waals surface area contributed by atoms with Crippen molar-refractivity contribution in [1.82, 2.24) is 4.90 Å². The predicted octanol–water partition coefficient (Wildman–Crippen LogP) is 2.85. The molecular weight excluding hydrogens is 182 g/mol. The summed E-state index contributed by atoms with van der Waals surface area (Å²) >= 11 is 6.04. The van der Waals surface area contributed by atoms with Gasteiger partial charge in [-0.1, -0.05) is 23.7 Å². The first kappa shape index (κ1) is 9.04. The van der Waals surface area contributed by atoms with E-state index in [1.54, 1.807) is 0 Å². The highest BCUT2D eigenvalue weighted by molar-refractivity contribution is 6.31. The summed E-state index contributed by atoms with van der Waals surface area (Å²) in [5, 5.41) is 0.887. The third-order valence-corrected chi connectivity index (χ3v) is 3.00. The lowest BCUT2D eigenvalue weighted by atomic mass is 10.1. The highest BCUT2D eigenvalue weighted by atomic mass is 35.5. The van der Waals surface area contributed by atoms with Crippen molar-refractivity contribution in [3.05, 3.63) is 34.3 Å². The van der Waals surface area contributed by atoms with Gasteiger partial charge in [0.1, 0.15) is 0 Å². The summed E-state index contributed by atoms with van der Waals surface area (Å²) in [6.45, 7) is 5.58. The number of hydrogen-bond donors (Lipinski definition) is 0. The van der Waals surface area contributed by atoms with Gasteiger partial charge < -0.3 is 0 Å². The van der Waals surface area contributed by atoms with Gasteiger partial charge in [0.15, 0.2) is 0 Å². The average Bonchev–Trinajstić information content (AvgIpc) is 2.04. The molecule has 1 nitrogen and oxygen atoms in total. The van der Waals surface area contributed by atoms with Gasteiger partial charge >= 0.3 is 0 Å². The fourth-order valence-electron chi connectivity index (χ4n) is 1.53. The van der Waals surface area contributed by atoms with Crippen LogP contribution in [-0.2, 0) is 6.54 Å². The van der Waals surface area contributed by atoms with Crippen LogP contribution in [0.5, 0.6) is 0 Å². The van der Waals surface area contributed by atoms with Crippen LogP contribution in [0, 0.1) is 6.92 Å². The van der Waals surface area contributed by atoms with E-state index in [2.05, 4.69) is 23.1 Å². The Bertz CT molecular complexity index is 305. The molecule has 1 aromatic carbocycles. The Morgan fingerprint density at radius 1 is 1.38 bits per heavy atom. The van der Waals surface area contributed by atoms with Crippen LogP contribution in [0.4, 0.5) is 0 Å². The number of hydrogen-bond acceptors (Lipinski definition) is 1. The molecule has 1 fully saturated rings. The quantitative estimate of drug-likeness (QED) is 0.702. The van der Waals surface area contributed by atoms with Gasteiger partial charge in [-0.25, -0.2) is 0 Å². The number of likely N-dealkylation sites (tertiary alicyclic amines) is 1. The fourth-order valence-corrected chi connectivity index (χ4v) is 1.74. The Balaban J connectivity index is 2.07. The lowest BCUT2D eigenvalue weighted by Crippen LogP contribution is -2.36.